The standard InChI is InChI=1S/C29H43NO6Si/c1-9-16-30(27(32)34-6)25-18-24(36-37(7,8)28(2,3)4)17-22-12-15-26(31)29(22,25)20-35-19-21-10-13-23(33-5)14-11-21/h9-11,13-14,18,22,25H,1,12,15-17,19-20H2,2-8H3/t22-,25+,29-/m0/s1. The summed E-state index contributed by atoms with van der Waals surface area (Å²) in [7, 11) is 0.869. The Morgan fingerprint density at radius 3 is 2.46 bits per heavy atom. The molecule has 1 fully saturated rings. The topological polar surface area (TPSA) is 74.3 Å². The lowest BCUT2D eigenvalue weighted by molar-refractivity contribution is -0.137. The van der Waals surface area contributed by atoms with Crippen LogP contribution < -0.4 is 4.74 Å². The molecular formula is C29H43NO6Si. The smallest absolute Gasteiger partial charge is 0.410 e. The molecule has 3 rings (SSSR count). The second-order valence-corrected chi connectivity index (χ2v) is 16.3. The number of methoxy groups -OCH3 is 2. The van der Waals surface area contributed by atoms with Crippen LogP contribution in [0.15, 0.2) is 48.8 Å². The summed E-state index contributed by atoms with van der Waals surface area (Å²) < 4.78 is 23.4. The van der Waals surface area contributed by atoms with E-state index in [1.54, 1.807) is 18.1 Å². The van der Waals surface area contributed by atoms with Crippen molar-refractivity contribution < 1.29 is 28.2 Å². The average molecular weight is 530 g/mol. The maximum absolute atomic E-state index is 13.7. The van der Waals surface area contributed by atoms with Gasteiger partial charge in [-0.1, -0.05) is 39.0 Å². The van der Waals surface area contributed by atoms with Crippen molar-refractivity contribution in [1.82, 2.24) is 4.90 Å². The molecule has 0 N–H and O–H groups in total. The van der Waals surface area contributed by atoms with Crippen LogP contribution in [0.25, 0.3) is 0 Å². The minimum absolute atomic E-state index is 0.00241. The highest BCUT2D eigenvalue weighted by atomic mass is 28.4. The van der Waals surface area contributed by atoms with Crippen molar-refractivity contribution in [3.63, 3.8) is 0 Å². The highest BCUT2D eigenvalue weighted by molar-refractivity contribution is 6.74. The Hall–Kier alpha value is -2.58. The number of hydrogen-bond acceptors (Lipinski definition) is 6. The van der Waals surface area contributed by atoms with E-state index in [-0.39, 0.29) is 29.9 Å². The monoisotopic (exact) mass is 529 g/mol. The summed E-state index contributed by atoms with van der Waals surface area (Å²) in [6.45, 7) is 15.7. The Kier molecular flexibility index (Phi) is 8.96. The van der Waals surface area contributed by atoms with Gasteiger partial charge >= 0.3 is 6.09 Å². The SMILES string of the molecule is C=CCN(C(=O)OC)[C@@H]1C=C(O[Si](C)(C)C(C)(C)C)C[C@@H]2CCC(=O)[C@@]21COCc1ccc(OC)cc1. The third kappa shape index (κ3) is 5.96. The molecule has 0 radical (unpaired) electrons. The molecule has 0 aromatic heterocycles. The Morgan fingerprint density at radius 2 is 1.89 bits per heavy atom. The van der Waals surface area contributed by atoms with Crippen LogP contribution in [0.4, 0.5) is 4.79 Å². The van der Waals surface area contributed by atoms with Crippen LogP contribution >= 0.6 is 0 Å². The fourth-order valence-corrected chi connectivity index (χ4v) is 6.29. The molecule has 1 aromatic carbocycles. The first-order valence-electron chi connectivity index (χ1n) is 13.0. The van der Waals surface area contributed by atoms with Gasteiger partial charge in [-0.2, -0.15) is 0 Å². The highest BCUT2D eigenvalue weighted by Gasteiger charge is 2.59. The number of allylic oxidation sites excluding steroid dienone is 1. The van der Waals surface area contributed by atoms with E-state index in [4.69, 9.17) is 18.6 Å². The predicted octanol–water partition coefficient (Wildman–Crippen LogP) is 6.11. The molecule has 204 valence electrons. The van der Waals surface area contributed by atoms with Gasteiger partial charge in [-0.05, 0) is 54.2 Å². The first-order valence-corrected chi connectivity index (χ1v) is 15.9. The summed E-state index contributed by atoms with van der Waals surface area (Å²) in [6.07, 6.45) is 5.00. The van der Waals surface area contributed by atoms with Crippen molar-refractivity contribution in [2.24, 2.45) is 11.3 Å². The molecule has 2 aliphatic rings. The zero-order valence-electron chi connectivity index (χ0n) is 23.5. The Bertz CT molecular complexity index is 1010. The number of ether oxygens (including phenoxy) is 3. The molecule has 0 unspecified atom stereocenters. The van der Waals surface area contributed by atoms with E-state index >= 15 is 0 Å². The molecule has 1 aromatic rings. The normalized spacial score (nSPS) is 23.6. The quantitative estimate of drug-likeness (QED) is 0.269. The Balaban J connectivity index is 1.98. The summed E-state index contributed by atoms with van der Waals surface area (Å²) in [5.74, 6) is 1.76. The van der Waals surface area contributed by atoms with E-state index in [1.807, 2.05) is 30.3 Å². The molecule has 8 heteroatoms. The minimum atomic E-state index is -2.12. The van der Waals surface area contributed by atoms with Gasteiger partial charge in [-0.3, -0.25) is 9.69 Å². The number of nitrogens with zero attached hydrogens (tertiary/aromatic N) is 1. The zero-order valence-corrected chi connectivity index (χ0v) is 24.5. The molecule has 0 aliphatic heterocycles. The van der Waals surface area contributed by atoms with Crippen molar-refractivity contribution in [3.05, 3.63) is 54.3 Å². The summed E-state index contributed by atoms with van der Waals surface area (Å²) in [5, 5.41) is 0.0218. The number of fused-ring (bicyclic) bond motifs is 1. The molecule has 1 saturated carbocycles. The number of Topliss-reactive ketones (excluding diaryl/α,β-unsaturated/α-hetero) is 1. The molecule has 0 bridgehead atoms. The van der Waals surface area contributed by atoms with Crippen LogP contribution in [0.3, 0.4) is 0 Å². The van der Waals surface area contributed by atoms with Crippen molar-refractivity contribution in [2.45, 2.75) is 70.8 Å². The molecular weight excluding hydrogens is 486 g/mol. The number of rotatable bonds is 10. The van der Waals surface area contributed by atoms with Gasteiger partial charge in [-0.15, -0.1) is 6.58 Å². The molecule has 7 nitrogen and oxygen atoms in total. The van der Waals surface area contributed by atoms with Crippen molar-refractivity contribution >= 4 is 20.2 Å². The van der Waals surface area contributed by atoms with Crippen LogP contribution in [0.1, 0.15) is 45.6 Å². The van der Waals surface area contributed by atoms with E-state index in [9.17, 15) is 9.59 Å². The number of carbonyl (C=O) groups is 2. The van der Waals surface area contributed by atoms with Gasteiger partial charge in [0.05, 0.1) is 44.6 Å². The molecule has 37 heavy (non-hydrogen) atoms. The predicted molar refractivity (Wildman–Crippen MR) is 147 cm³/mol. The lowest BCUT2D eigenvalue weighted by Gasteiger charge is -2.48. The van der Waals surface area contributed by atoms with Gasteiger partial charge in [0.25, 0.3) is 0 Å². The fraction of sp³-hybridized carbons (Fsp3) is 0.586. The number of hydrogen-bond donors (Lipinski definition) is 0. The third-order valence-corrected chi connectivity index (χ3v) is 12.7. The molecule has 1 amide bonds. The second kappa shape index (κ2) is 11.4. The first-order chi connectivity index (χ1) is 17.4. The maximum Gasteiger partial charge on any atom is 0.410 e. The third-order valence-electron chi connectivity index (χ3n) is 8.32. The summed E-state index contributed by atoms with van der Waals surface area (Å²) in [6, 6.07) is 7.13. The molecule has 2 aliphatic carbocycles. The Morgan fingerprint density at radius 1 is 1.22 bits per heavy atom. The number of benzene rings is 1. The van der Waals surface area contributed by atoms with Crippen molar-refractivity contribution in [2.75, 3.05) is 27.4 Å². The van der Waals surface area contributed by atoms with Gasteiger partial charge < -0.3 is 18.6 Å². The molecule has 3 atom stereocenters. The molecule has 0 saturated heterocycles. The van der Waals surface area contributed by atoms with Crippen LogP contribution in [-0.4, -0.2) is 58.5 Å². The van der Waals surface area contributed by atoms with E-state index in [1.165, 1.54) is 7.11 Å². The lowest BCUT2D eigenvalue weighted by atomic mass is 9.66. The summed E-state index contributed by atoms with van der Waals surface area (Å²) >= 11 is 0. The lowest BCUT2D eigenvalue weighted by Crippen LogP contribution is -2.58. The van der Waals surface area contributed by atoms with Gasteiger partial charge in [0.1, 0.15) is 11.5 Å². The van der Waals surface area contributed by atoms with Gasteiger partial charge in [0, 0.05) is 19.4 Å². The van der Waals surface area contributed by atoms with Crippen LogP contribution in [0.5, 0.6) is 5.75 Å². The number of amides is 1. The van der Waals surface area contributed by atoms with Gasteiger partial charge in [0.2, 0.25) is 8.32 Å². The van der Waals surface area contributed by atoms with E-state index in [2.05, 4.69) is 40.4 Å². The fourth-order valence-electron chi connectivity index (χ4n) is 5.18. The largest absolute Gasteiger partial charge is 0.547 e. The Labute approximate surface area is 222 Å². The van der Waals surface area contributed by atoms with Crippen LogP contribution in [0.2, 0.25) is 18.1 Å². The summed E-state index contributed by atoms with van der Waals surface area (Å²) in [4.78, 5) is 28.2. The minimum Gasteiger partial charge on any atom is -0.547 e. The number of ketones is 1. The van der Waals surface area contributed by atoms with Gasteiger partial charge in [-0.25, -0.2) is 4.79 Å². The zero-order chi connectivity index (χ0) is 27.4. The second-order valence-electron chi connectivity index (χ2n) is 11.6. The molecule has 0 heterocycles. The number of carbonyl (C=O) groups excluding carboxylic acids is 2. The van der Waals surface area contributed by atoms with Gasteiger partial charge in [0.15, 0.2) is 0 Å². The van der Waals surface area contributed by atoms with E-state index in [0.717, 1.165) is 23.5 Å². The van der Waals surface area contributed by atoms with E-state index in [0.29, 0.717) is 19.4 Å². The average Bonchev–Trinajstić information content (AvgIpc) is 3.17. The first kappa shape index (κ1) is 29.0. The highest BCUT2D eigenvalue weighted by Crippen LogP contribution is 2.53. The van der Waals surface area contributed by atoms with Crippen molar-refractivity contribution in [1.29, 1.82) is 0 Å². The molecule has 0 spiro atoms. The van der Waals surface area contributed by atoms with Crippen LogP contribution in [-0.2, 0) is 25.3 Å². The van der Waals surface area contributed by atoms with Crippen molar-refractivity contribution in [3.8, 4) is 5.75 Å². The maximum atomic E-state index is 13.7. The van der Waals surface area contributed by atoms with Crippen LogP contribution in [0, 0.1) is 11.3 Å². The van der Waals surface area contributed by atoms with E-state index < -0.39 is 25.9 Å². The summed E-state index contributed by atoms with van der Waals surface area (Å²) in [5.41, 5.74) is 0.115.